The van der Waals surface area contributed by atoms with Gasteiger partial charge < -0.3 is 4.90 Å². The first kappa shape index (κ1) is 14.7. The molecule has 0 spiro atoms. The van der Waals surface area contributed by atoms with Gasteiger partial charge in [-0.15, -0.1) is 0 Å². The lowest BCUT2D eigenvalue weighted by Crippen LogP contribution is -2.31. The van der Waals surface area contributed by atoms with Crippen LogP contribution in [0.4, 0.5) is 5.69 Å². The zero-order valence-corrected chi connectivity index (χ0v) is 13.5. The number of carbonyl (C=O) groups excluding carboxylic acids is 1. The molecule has 21 heavy (non-hydrogen) atoms. The lowest BCUT2D eigenvalue weighted by molar-refractivity contribution is -0.114. The highest BCUT2D eigenvalue weighted by Gasteiger charge is 2.31. The number of thioether (sulfide) groups is 1. The van der Waals surface area contributed by atoms with Crippen molar-refractivity contribution in [3.05, 3.63) is 35.4 Å². The van der Waals surface area contributed by atoms with Gasteiger partial charge in [-0.05, 0) is 25.0 Å². The maximum absolute atomic E-state index is 11.9. The topological polar surface area (TPSA) is 20.3 Å². The van der Waals surface area contributed by atoms with Crippen molar-refractivity contribution in [2.24, 2.45) is 0 Å². The quantitative estimate of drug-likeness (QED) is 0.569. The Hall–Kier alpha value is -1.22. The Morgan fingerprint density at radius 2 is 1.95 bits per heavy atom. The molecule has 1 fully saturated rings. The van der Waals surface area contributed by atoms with Crippen LogP contribution in [0.3, 0.4) is 0 Å². The van der Waals surface area contributed by atoms with Gasteiger partial charge in [0.25, 0.3) is 0 Å². The summed E-state index contributed by atoms with van der Waals surface area (Å²) >= 11 is 1.75. The van der Waals surface area contributed by atoms with Gasteiger partial charge in [0.05, 0.1) is 10.7 Å². The summed E-state index contributed by atoms with van der Waals surface area (Å²) in [5.41, 5.74) is 1.30. The molecule has 3 rings (SSSR count). The molecule has 0 saturated heterocycles. The van der Waals surface area contributed by atoms with Crippen molar-refractivity contribution >= 4 is 23.2 Å². The fourth-order valence-electron chi connectivity index (χ4n) is 3.25. The molecular formula is C18H23NOS. The van der Waals surface area contributed by atoms with Crippen LogP contribution in [0.1, 0.15) is 51.9 Å². The summed E-state index contributed by atoms with van der Waals surface area (Å²) < 4.78 is 0. The van der Waals surface area contributed by atoms with E-state index in [1.807, 2.05) is 13.0 Å². The molecule has 1 aliphatic carbocycles. The lowest BCUT2D eigenvalue weighted by atomic mass is 10.1. The number of anilines is 1. The second-order valence-corrected chi connectivity index (χ2v) is 6.95. The molecule has 2 nitrogen and oxygen atoms in total. The summed E-state index contributed by atoms with van der Waals surface area (Å²) in [5, 5.41) is 1.13. The smallest absolute Gasteiger partial charge is 0.158 e. The summed E-state index contributed by atoms with van der Waals surface area (Å²) in [6.45, 7) is 1.93. The Bertz CT molecular complexity index is 544. The predicted molar refractivity (Wildman–Crippen MR) is 89.6 cm³/mol. The van der Waals surface area contributed by atoms with Crippen LogP contribution >= 0.6 is 11.8 Å². The SMILES string of the molecule is CCC(=O)/C=C1\Sc2ccccc2N1C1CCCCCC1. The molecule has 112 valence electrons. The van der Waals surface area contributed by atoms with Crippen molar-refractivity contribution < 1.29 is 4.79 Å². The van der Waals surface area contributed by atoms with E-state index in [0.717, 1.165) is 5.03 Å². The van der Waals surface area contributed by atoms with Gasteiger partial charge in [-0.2, -0.15) is 0 Å². The maximum Gasteiger partial charge on any atom is 0.158 e. The van der Waals surface area contributed by atoms with Crippen LogP contribution in [-0.4, -0.2) is 11.8 Å². The van der Waals surface area contributed by atoms with Crippen LogP contribution in [0.15, 0.2) is 40.3 Å². The number of hydrogen-bond donors (Lipinski definition) is 0. The van der Waals surface area contributed by atoms with Crippen molar-refractivity contribution in [2.75, 3.05) is 4.90 Å². The van der Waals surface area contributed by atoms with Gasteiger partial charge in [0.15, 0.2) is 5.78 Å². The average Bonchev–Trinajstić information content (AvgIpc) is 2.68. The molecule has 0 radical (unpaired) electrons. The first-order valence-electron chi connectivity index (χ1n) is 8.10. The van der Waals surface area contributed by atoms with Crippen molar-refractivity contribution in [2.45, 2.75) is 62.8 Å². The average molecular weight is 301 g/mol. The first-order chi connectivity index (χ1) is 10.3. The zero-order chi connectivity index (χ0) is 14.7. The van der Waals surface area contributed by atoms with E-state index in [9.17, 15) is 4.79 Å². The molecule has 1 aliphatic heterocycles. The Morgan fingerprint density at radius 1 is 1.24 bits per heavy atom. The highest BCUT2D eigenvalue weighted by Crippen LogP contribution is 2.48. The van der Waals surface area contributed by atoms with Gasteiger partial charge in [0.1, 0.15) is 0 Å². The van der Waals surface area contributed by atoms with Gasteiger partial charge in [0, 0.05) is 23.4 Å². The molecular weight excluding hydrogens is 278 g/mol. The number of rotatable bonds is 3. The van der Waals surface area contributed by atoms with Crippen LogP contribution in [0.5, 0.6) is 0 Å². The molecule has 1 aromatic carbocycles. The fraction of sp³-hybridized carbons (Fsp3) is 0.500. The number of ketones is 1. The zero-order valence-electron chi connectivity index (χ0n) is 12.7. The first-order valence-corrected chi connectivity index (χ1v) is 8.92. The largest absolute Gasteiger partial charge is 0.332 e. The minimum atomic E-state index is 0.226. The summed E-state index contributed by atoms with van der Waals surface area (Å²) in [5.74, 6) is 0.226. The summed E-state index contributed by atoms with van der Waals surface area (Å²) in [6.07, 6.45) is 10.2. The van der Waals surface area contributed by atoms with E-state index >= 15 is 0 Å². The van der Waals surface area contributed by atoms with Gasteiger partial charge >= 0.3 is 0 Å². The number of hydrogen-bond acceptors (Lipinski definition) is 3. The van der Waals surface area contributed by atoms with Crippen LogP contribution in [0.25, 0.3) is 0 Å². The number of allylic oxidation sites excluding steroid dienone is 1. The highest BCUT2D eigenvalue weighted by atomic mass is 32.2. The summed E-state index contributed by atoms with van der Waals surface area (Å²) in [6, 6.07) is 9.11. The van der Waals surface area contributed by atoms with E-state index in [4.69, 9.17) is 0 Å². The Kier molecular flexibility index (Phi) is 4.69. The standard InChI is InChI=1S/C18H23NOS/c1-2-15(20)13-18-19(14-9-5-3-4-6-10-14)16-11-7-8-12-17(16)21-18/h7-8,11-14H,2-6,9-10H2,1H3/b18-13-. The van der Waals surface area contributed by atoms with Crippen molar-refractivity contribution in [1.82, 2.24) is 0 Å². The predicted octanol–water partition coefficient (Wildman–Crippen LogP) is 5.14. The van der Waals surface area contributed by atoms with E-state index < -0.39 is 0 Å². The molecule has 0 atom stereocenters. The molecule has 0 amide bonds. The minimum Gasteiger partial charge on any atom is -0.332 e. The Morgan fingerprint density at radius 3 is 2.67 bits per heavy atom. The Balaban J connectivity index is 1.94. The third kappa shape index (κ3) is 3.18. The molecule has 1 aromatic rings. The lowest BCUT2D eigenvalue weighted by Gasteiger charge is -2.30. The second kappa shape index (κ2) is 6.69. The van der Waals surface area contributed by atoms with Crippen LogP contribution < -0.4 is 4.90 Å². The van der Waals surface area contributed by atoms with Gasteiger partial charge in [-0.3, -0.25) is 4.79 Å². The number of benzene rings is 1. The number of carbonyl (C=O) groups is 1. The van der Waals surface area contributed by atoms with Crippen LogP contribution in [0.2, 0.25) is 0 Å². The molecule has 3 heteroatoms. The molecule has 0 aromatic heterocycles. The van der Waals surface area contributed by atoms with Gasteiger partial charge in [-0.1, -0.05) is 56.5 Å². The van der Waals surface area contributed by atoms with Crippen molar-refractivity contribution in [3.8, 4) is 0 Å². The van der Waals surface area contributed by atoms with E-state index in [0.29, 0.717) is 12.5 Å². The highest BCUT2D eigenvalue weighted by molar-refractivity contribution is 8.03. The fourth-order valence-corrected chi connectivity index (χ4v) is 4.43. The number of fused-ring (bicyclic) bond motifs is 1. The van der Waals surface area contributed by atoms with Gasteiger partial charge in [0.2, 0.25) is 0 Å². The third-order valence-electron chi connectivity index (χ3n) is 4.40. The summed E-state index contributed by atoms with van der Waals surface area (Å²) in [7, 11) is 0. The minimum absolute atomic E-state index is 0.226. The van der Waals surface area contributed by atoms with Gasteiger partial charge in [-0.25, -0.2) is 0 Å². The monoisotopic (exact) mass is 301 g/mol. The van der Waals surface area contributed by atoms with Crippen molar-refractivity contribution in [1.29, 1.82) is 0 Å². The third-order valence-corrected chi connectivity index (χ3v) is 5.49. The van der Waals surface area contributed by atoms with E-state index in [1.165, 1.54) is 49.1 Å². The second-order valence-electron chi connectivity index (χ2n) is 5.89. The molecule has 0 bridgehead atoms. The molecule has 1 saturated carbocycles. The van der Waals surface area contributed by atoms with Crippen molar-refractivity contribution in [3.63, 3.8) is 0 Å². The Labute approximate surface area is 131 Å². The van der Waals surface area contributed by atoms with Crippen LogP contribution in [-0.2, 0) is 4.79 Å². The number of nitrogens with zero attached hydrogens (tertiary/aromatic N) is 1. The van der Waals surface area contributed by atoms with E-state index in [-0.39, 0.29) is 5.78 Å². The molecule has 0 unspecified atom stereocenters. The summed E-state index contributed by atoms with van der Waals surface area (Å²) in [4.78, 5) is 15.6. The maximum atomic E-state index is 11.9. The normalized spacial score (nSPS) is 21.4. The van der Waals surface area contributed by atoms with E-state index in [1.54, 1.807) is 11.8 Å². The molecule has 2 aliphatic rings. The van der Waals surface area contributed by atoms with E-state index in [2.05, 4.69) is 29.2 Å². The molecule has 1 heterocycles. The number of para-hydroxylation sites is 1. The molecule has 0 N–H and O–H groups in total. The van der Waals surface area contributed by atoms with Crippen LogP contribution in [0, 0.1) is 0 Å².